The molecule has 4 aliphatic carbocycles. The van der Waals surface area contributed by atoms with E-state index in [1.54, 1.807) is 0 Å². The minimum absolute atomic E-state index is 0.0396. The molecule has 0 aromatic carbocycles. The number of carbonyl (C=O) groups is 2. The molecule has 10 nitrogen and oxygen atoms in total. The predicted octanol–water partition coefficient (Wildman–Crippen LogP) is -0.275. The van der Waals surface area contributed by atoms with Gasteiger partial charge < -0.3 is 49.7 Å². The Balaban J connectivity index is 1.41. The maximum Gasteiger partial charge on any atom is 0.187 e. The van der Waals surface area contributed by atoms with Crippen molar-refractivity contribution in [3.63, 3.8) is 0 Å². The Morgan fingerprint density at radius 3 is 2.25 bits per heavy atom. The van der Waals surface area contributed by atoms with Gasteiger partial charge in [-0.25, -0.2) is 0 Å². The summed E-state index contributed by atoms with van der Waals surface area (Å²) in [5.74, 6) is -0.894. The second-order valence-electron chi connectivity index (χ2n) is 14.2. The Morgan fingerprint density at radius 1 is 0.900 bits per heavy atom. The molecule has 228 valence electrons. The van der Waals surface area contributed by atoms with Crippen LogP contribution < -0.4 is 10.2 Å². The molecule has 1 saturated heterocycles. The van der Waals surface area contributed by atoms with E-state index in [1.807, 2.05) is 0 Å². The summed E-state index contributed by atoms with van der Waals surface area (Å²) >= 11 is 0. The maximum atomic E-state index is 11.6. The highest BCUT2D eigenvalue weighted by molar-refractivity contribution is 5.71. The predicted molar refractivity (Wildman–Crippen MR) is 137 cm³/mol. The molecule has 0 aromatic rings. The molecule has 40 heavy (non-hydrogen) atoms. The highest BCUT2D eigenvalue weighted by Crippen LogP contribution is 2.68. The summed E-state index contributed by atoms with van der Waals surface area (Å²) < 4.78 is 11.8. The largest absolute Gasteiger partial charge is 0.550 e. The highest BCUT2D eigenvalue weighted by Gasteiger charge is 2.63. The molecule has 10 heteroatoms. The van der Waals surface area contributed by atoms with Crippen LogP contribution in [0.25, 0.3) is 0 Å². The van der Waals surface area contributed by atoms with Crippen LogP contribution in [0.5, 0.6) is 0 Å². The van der Waals surface area contributed by atoms with Crippen molar-refractivity contribution in [1.29, 1.82) is 0 Å². The molecule has 5 rings (SSSR count). The average Bonchev–Trinajstić information content (AvgIpc) is 3.25. The van der Waals surface area contributed by atoms with Gasteiger partial charge in [0, 0.05) is 5.97 Å². The van der Waals surface area contributed by atoms with E-state index in [1.165, 1.54) is 0 Å². The standard InChI is InChI=1S/C30H48O10/c1-14(4-7-22(32)33)17-5-6-18-16-13-21(39-28-25(36)23(34)24(35)26(40-28)27(37)38)20-12-15(31)8-10-30(20,3)19(16)9-11-29(17,18)2/h14-21,23-26,28,31,34-36H,4-13H2,1-3H3,(H,32,33)(H,37,38)/p-2/t14-,15-,16+,17-,18+,19+,20+,21+,23+,24+,25-,26+,28-,29-,30-/m1/s1. The van der Waals surface area contributed by atoms with Crippen molar-refractivity contribution in [3.05, 3.63) is 0 Å². The quantitative estimate of drug-likeness (QED) is 0.300. The van der Waals surface area contributed by atoms with Gasteiger partial charge in [0.1, 0.15) is 24.4 Å². The van der Waals surface area contributed by atoms with E-state index in [4.69, 9.17) is 9.47 Å². The molecular formula is C30H46O10-2. The fraction of sp³-hybridized carbons (Fsp3) is 0.933. The van der Waals surface area contributed by atoms with Crippen LogP contribution in [0.4, 0.5) is 0 Å². The smallest absolute Gasteiger partial charge is 0.187 e. The first-order valence-electron chi connectivity index (χ1n) is 15.2. The van der Waals surface area contributed by atoms with Crippen LogP contribution in [0, 0.1) is 46.3 Å². The molecule has 0 aromatic heterocycles. The lowest BCUT2D eigenvalue weighted by atomic mass is 9.43. The van der Waals surface area contributed by atoms with Gasteiger partial charge in [0.15, 0.2) is 6.29 Å². The van der Waals surface area contributed by atoms with Crippen molar-refractivity contribution in [3.8, 4) is 0 Å². The fourth-order valence-corrected chi connectivity index (χ4v) is 10.2. The number of carboxylic acids is 2. The Hall–Kier alpha value is -1.30. The van der Waals surface area contributed by atoms with Crippen LogP contribution in [0.15, 0.2) is 0 Å². The lowest BCUT2D eigenvalue weighted by molar-refractivity contribution is -0.358. The maximum absolute atomic E-state index is 11.6. The minimum atomic E-state index is -1.84. The summed E-state index contributed by atoms with van der Waals surface area (Å²) in [5.41, 5.74) is -0.0615. The number of carbonyl (C=O) groups excluding carboxylic acids is 2. The van der Waals surface area contributed by atoms with Crippen molar-refractivity contribution < 1.29 is 49.7 Å². The third-order valence-corrected chi connectivity index (χ3v) is 12.3. The Bertz CT molecular complexity index is 959. The number of aliphatic carboxylic acids is 2. The van der Waals surface area contributed by atoms with Gasteiger partial charge in [0.25, 0.3) is 0 Å². The number of aliphatic hydroxyl groups excluding tert-OH is 4. The molecule has 4 N–H and O–H groups in total. The zero-order valence-electron chi connectivity index (χ0n) is 23.8. The number of hydrogen-bond acceptors (Lipinski definition) is 10. The molecule has 1 heterocycles. The van der Waals surface area contributed by atoms with Gasteiger partial charge in [-0.3, -0.25) is 0 Å². The van der Waals surface area contributed by atoms with Crippen LogP contribution in [0.1, 0.15) is 85.0 Å². The Kier molecular flexibility index (Phi) is 8.36. The van der Waals surface area contributed by atoms with Gasteiger partial charge in [-0.15, -0.1) is 0 Å². The molecule has 1 aliphatic heterocycles. The molecule has 5 aliphatic rings. The summed E-state index contributed by atoms with van der Waals surface area (Å²) in [6.07, 6.45) is -1.81. The molecule has 0 unspecified atom stereocenters. The third kappa shape index (κ3) is 5.00. The molecule has 0 amide bonds. The van der Waals surface area contributed by atoms with Crippen molar-refractivity contribution >= 4 is 11.9 Å². The first kappa shape index (κ1) is 30.2. The molecule has 15 atom stereocenters. The van der Waals surface area contributed by atoms with Crippen molar-refractivity contribution in [2.24, 2.45) is 46.3 Å². The Morgan fingerprint density at radius 2 is 1.57 bits per heavy atom. The number of rotatable bonds is 7. The van der Waals surface area contributed by atoms with Crippen LogP contribution in [-0.4, -0.2) is 75.3 Å². The normalized spacial score (nSPS) is 51.3. The monoisotopic (exact) mass is 566 g/mol. The van der Waals surface area contributed by atoms with Crippen LogP contribution in [0.3, 0.4) is 0 Å². The lowest BCUT2D eigenvalue weighted by Gasteiger charge is -2.63. The van der Waals surface area contributed by atoms with E-state index in [0.29, 0.717) is 49.4 Å². The minimum Gasteiger partial charge on any atom is -0.550 e. The van der Waals surface area contributed by atoms with E-state index in [2.05, 4.69) is 20.8 Å². The summed E-state index contributed by atoms with van der Waals surface area (Å²) in [5, 5.41) is 64.5. The van der Waals surface area contributed by atoms with Crippen LogP contribution >= 0.6 is 0 Å². The topological polar surface area (TPSA) is 180 Å². The number of fused-ring (bicyclic) bond motifs is 5. The van der Waals surface area contributed by atoms with Crippen LogP contribution in [0.2, 0.25) is 0 Å². The highest BCUT2D eigenvalue weighted by atomic mass is 16.7. The second kappa shape index (κ2) is 11.1. The van der Waals surface area contributed by atoms with Gasteiger partial charge in [0.2, 0.25) is 0 Å². The van der Waals surface area contributed by atoms with Gasteiger partial charge in [-0.2, -0.15) is 0 Å². The second-order valence-corrected chi connectivity index (χ2v) is 14.2. The van der Waals surface area contributed by atoms with Crippen molar-refractivity contribution in [2.45, 2.75) is 128 Å². The molecule has 0 bridgehead atoms. The van der Waals surface area contributed by atoms with E-state index in [0.717, 1.165) is 32.1 Å². The molecule has 4 saturated carbocycles. The van der Waals surface area contributed by atoms with Gasteiger partial charge >= 0.3 is 0 Å². The molecule has 5 fully saturated rings. The number of ether oxygens (including phenoxy) is 2. The first-order valence-corrected chi connectivity index (χ1v) is 15.2. The number of hydrogen-bond donors (Lipinski definition) is 4. The average molecular weight is 567 g/mol. The van der Waals surface area contributed by atoms with Gasteiger partial charge in [0.05, 0.1) is 18.2 Å². The van der Waals surface area contributed by atoms with Crippen LogP contribution in [-0.2, 0) is 19.1 Å². The number of carboxylic acid groups (broad SMARTS) is 2. The zero-order valence-corrected chi connectivity index (χ0v) is 23.8. The first-order chi connectivity index (χ1) is 18.8. The SMILES string of the molecule is C[C@H](CCC(=O)[O-])[C@H]1CC[C@H]2[C@@H]3C[C@H](O[C@@H]4O[C@H](C(=O)[O-])[C@@H](O)[C@H](O)[C@H]4O)[C@@H]4C[C@H](O)CC[C@]4(C)[C@H]3CC[C@]12C. The summed E-state index contributed by atoms with van der Waals surface area (Å²) in [6.45, 7) is 6.82. The number of aliphatic hydroxyl groups is 4. The Labute approximate surface area is 236 Å². The third-order valence-electron chi connectivity index (χ3n) is 12.3. The summed E-state index contributed by atoms with van der Waals surface area (Å²) in [7, 11) is 0. The van der Waals surface area contributed by atoms with Crippen molar-refractivity contribution in [1.82, 2.24) is 0 Å². The summed E-state index contributed by atoms with van der Waals surface area (Å²) in [6, 6.07) is 0. The van der Waals surface area contributed by atoms with Gasteiger partial charge in [-0.1, -0.05) is 20.8 Å². The van der Waals surface area contributed by atoms with E-state index in [9.17, 15) is 40.2 Å². The van der Waals surface area contributed by atoms with E-state index >= 15 is 0 Å². The van der Waals surface area contributed by atoms with E-state index in [-0.39, 0.29) is 29.1 Å². The molecule has 0 spiro atoms. The lowest BCUT2D eigenvalue weighted by Crippen LogP contribution is -2.64. The summed E-state index contributed by atoms with van der Waals surface area (Å²) in [4.78, 5) is 22.7. The van der Waals surface area contributed by atoms with Crippen molar-refractivity contribution in [2.75, 3.05) is 0 Å². The fourth-order valence-electron chi connectivity index (χ4n) is 10.2. The molecule has 0 radical (unpaired) electrons. The molecular weight excluding hydrogens is 520 g/mol. The van der Waals surface area contributed by atoms with Gasteiger partial charge in [-0.05, 0) is 111 Å². The van der Waals surface area contributed by atoms with E-state index < -0.39 is 54.9 Å². The zero-order chi connectivity index (χ0) is 29.1.